The van der Waals surface area contributed by atoms with E-state index in [4.69, 9.17) is 20.9 Å². The minimum atomic E-state index is -0.318. The van der Waals surface area contributed by atoms with Crippen LogP contribution < -0.4 is 0 Å². The van der Waals surface area contributed by atoms with Gasteiger partial charge >= 0.3 is 7.12 Å². The van der Waals surface area contributed by atoms with Crippen LogP contribution in [0.5, 0.6) is 0 Å². The molecule has 1 saturated carbocycles. The van der Waals surface area contributed by atoms with Crippen LogP contribution in [0.2, 0.25) is 5.82 Å². The maximum absolute atomic E-state index is 11.5. The molecule has 3 nitrogen and oxygen atoms in total. The van der Waals surface area contributed by atoms with Crippen molar-refractivity contribution in [1.82, 2.24) is 0 Å². The topological polar surface area (TPSA) is 35.5 Å². The van der Waals surface area contributed by atoms with Crippen LogP contribution in [0.4, 0.5) is 0 Å². The minimum Gasteiger partial charge on any atom is -0.403 e. The van der Waals surface area contributed by atoms with Gasteiger partial charge in [0.25, 0.3) is 0 Å². The molecule has 0 aromatic carbocycles. The van der Waals surface area contributed by atoms with Crippen molar-refractivity contribution in [3.05, 3.63) is 0 Å². The van der Waals surface area contributed by atoms with Gasteiger partial charge in [-0.3, -0.25) is 4.79 Å². The second-order valence-corrected chi connectivity index (χ2v) is 6.42. The molecule has 1 aliphatic carbocycles. The molecular weight excluding hydrogens is 238 g/mol. The Balaban J connectivity index is 2.04. The summed E-state index contributed by atoms with van der Waals surface area (Å²) < 4.78 is 12.0. The molecule has 0 bridgehead atoms. The molecular formula is C12H20BClO3. The first-order valence-corrected chi connectivity index (χ1v) is 6.76. The first kappa shape index (κ1) is 13.4. The first-order chi connectivity index (χ1) is 7.78. The standard InChI is InChI=1S/C12H20BClO3/c1-11(2)12(3,4)17-13(16-11)9-7-10(15)8(9)5-6-14/h8-9H,5-7H2,1-4H3. The van der Waals surface area contributed by atoms with Crippen LogP contribution in [-0.4, -0.2) is 30.0 Å². The molecule has 0 spiro atoms. The van der Waals surface area contributed by atoms with E-state index in [9.17, 15) is 4.79 Å². The number of rotatable bonds is 3. The van der Waals surface area contributed by atoms with E-state index in [1.165, 1.54) is 0 Å². The fourth-order valence-corrected chi connectivity index (χ4v) is 2.68. The van der Waals surface area contributed by atoms with Gasteiger partial charge in [0.2, 0.25) is 0 Å². The fraction of sp³-hybridized carbons (Fsp3) is 0.917. The van der Waals surface area contributed by atoms with E-state index in [0.29, 0.717) is 18.1 Å². The number of hydrogen-bond acceptors (Lipinski definition) is 3. The summed E-state index contributed by atoms with van der Waals surface area (Å²) in [5.41, 5.74) is -0.635. The average Bonchev–Trinajstić information content (AvgIpc) is 2.40. The maximum atomic E-state index is 11.5. The van der Waals surface area contributed by atoms with Crippen LogP contribution in [0.3, 0.4) is 0 Å². The smallest absolute Gasteiger partial charge is 0.403 e. The van der Waals surface area contributed by atoms with Crippen LogP contribution in [0.1, 0.15) is 40.5 Å². The van der Waals surface area contributed by atoms with Gasteiger partial charge in [-0.15, -0.1) is 11.6 Å². The summed E-state index contributed by atoms with van der Waals surface area (Å²) in [6, 6.07) is 0. The van der Waals surface area contributed by atoms with Crippen molar-refractivity contribution < 1.29 is 14.1 Å². The lowest BCUT2D eigenvalue weighted by molar-refractivity contribution is -0.129. The lowest BCUT2D eigenvalue weighted by atomic mass is 9.53. The Morgan fingerprint density at radius 2 is 1.82 bits per heavy atom. The van der Waals surface area contributed by atoms with Gasteiger partial charge < -0.3 is 9.31 Å². The Labute approximate surface area is 108 Å². The van der Waals surface area contributed by atoms with Crippen molar-refractivity contribution in [3.8, 4) is 0 Å². The zero-order chi connectivity index (χ0) is 12.8. The number of carbonyl (C=O) groups is 1. The lowest BCUT2D eigenvalue weighted by Crippen LogP contribution is -2.43. The monoisotopic (exact) mass is 258 g/mol. The van der Waals surface area contributed by atoms with Gasteiger partial charge in [0.15, 0.2) is 0 Å². The molecule has 2 rings (SSSR count). The van der Waals surface area contributed by atoms with Crippen molar-refractivity contribution in [2.45, 2.75) is 57.6 Å². The highest BCUT2D eigenvalue weighted by Gasteiger charge is 2.58. The highest BCUT2D eigenvalue weighted by Crippen LogP contribution is 2.48. The van der Waals surface area contributed by atoms with E-state index in [1.807, 2.05) is 27.7 Å². The molecule has 2 atom stereocenters. The van der Waals surface area contributed by atoms with Crippen LogP contribution in [0, 0.1) is 5.92 Å². The molecule has 2 unspecified atom stereocenters. The molecule has 0 N–H and O–H groups in total. The molecule has 0 aromatic rings. The highest BCUT2D eigenvalue weighted by atomic mass is 35.5. The van der Waals surface area contributed by atoms with Gasteiger partial charge in [-0.1, -0.05) is 0 Å². The van der Waals surface area contributed by atoms with E-state index in [2.05, 4.69) is 0 Å². The molecule has 17 heavy (non-hydrogen) atoms. The molecule has 0 radical (unpaired) electrons. The van der Waals surface area contributed by atoms with Gasteiger partial charge in [0.1, 0.15) is 5.78 Å². The summed E-state index contributed by atoms with van der Waals surface area (Å²) in [6.07, 6.45) is 1.30. The van der Waals surface area contributed by atoms with Crippen LogP contribution in [-0.2, 0) is 14.1 Å². The lowest BCUT2D eigenvalue weighted by Gasteiger charge is -2.35. The highest BCUT2D eigenvalue weighted by molar-refractivity contribution is 6.49. The van der Waals surface area contributed by atoms with E-state index >= 15 is 0 Å². The number of alkyl halides is 1. The first-order valence-electron chi connectivity index (χ1n) is 6.23. The normalized spacial score (nSPS) is 34.9. The Hall–Kier alpha value is -0.0551. The van der Waals surface area contributed by atoms with Crippen LogP contribution in [0.25, 0.3) is 0 Å². The Morgan fingerprint density at radius 3 is 2.24 bits per heavy atom. The fourth-order valence-electron chi connectivity index (χ4n) is 2.45. The molecule has 0 aromatic heterocycles. The van der Waals surface area contributed by atoms with Crippen molar-refractivity contribution in [2.75, 3.05) is 5.88 Å². The predicted molar refractivity (Wildman–Crippen MR) is 68.3 cm³/mol. The molecule has 2 fully saturated rings. The molecule has 1 heterocycles. The molecule has 1 saturated heterocycles. The van der Waals surface area contributed by atoms with Crippen molar-refractivity contribution in [3.63, 3.8) is 0 Å². The summed E-state index contributed by atoms with van der Waals surface area (Å²) in [5, 5.41) is 0. The second kappa shape index (κ2) is 4.25. The summed E-state index contributed by atoms with van der Waals surface area (Å²) in [4.78, 5) is 11.5. The van der Waals surface area contributed by atoms with E-state index in [0.717, 1.165) is 6.42 Å². The molecule has 5 heteroatoms. The number of carbonyl (C=O) groups excluding carboxylic acids is 1. The van der Waals surface area contributed by atoms with Gasteiger partial charge in [-0.25, -0.2) is 0 Å². The average molecular weight is 259 g/mol. The largest absolute Gasteiger partial charge is 0.462 e. The maximum Gasteiger partial charge on any atom is 0.462 e. The van der Waals surface area contributed by atoms with Crippen molar-refractivity contribution >= 4 is 24.5 Å². The zero-order valence-electron chi connectivity index (χ0n) is 11.0. The molecule has 0 amide bonds. The van der Waals surface area contributed by atoms with Crippen molar-refractivity contribution in [2.24, 2.45) is 5.92 Å². The number of hydrogen-bond donors (Lipinski definition) is 0. The van der Waals surface area contributed by atoms with Crippen LogP contribution >= 0.6 is 11.6 Å². The molecule has 96 valence electrons. The summed E-state index contributed by atoms with van der Waals surface area (Å²) in [5.74, 6) is 1.03. The third-order valence-corrected chi connectivity index (χ3v) is 4.63. The third kappa shape index (κ3) is 2.15. The van der Waals surface area contributed by atoms with Crippen LogP contribution in [0.15, 0.2) is 0 Å². The summed E-state index contributed by atoms with van der Waals surface area (Å²) in [6.45, 7) is 8.13. The summed E-state index contributed by atoms with van der Waals surface area (Å²) in [7, 11) is -0.258. The van der Waals surface area contributed by atoms with Gasteiger partial charge in [0, 0.05) is 24.0 Å². The van der Waals surface area contributed by atoms with E-state index in [1.54, 1.807) is 0 Å². The summed E-state index contributed by atoms with van der Waals surface area (Å²) >= 11 is 5.72. The Morgan fingerprint density at radius 1 is 1.29 bits per heavy atom. The SMILES string of the molecule is CC1(C)OB(C2CC(=O)C2CCCl)OC1(C)C. The van der Waals surface area contributed by atoms with Gasteiger partial charge in [0.05, 0.1) is 11.2 Å². The Bertz CT molecular complexity index is 314. The number of Topliss-reactive ketones (excluding diaryl/α,β-unsaturated/α-hetero) is 1. The van der Waals surface area contributed by atoms with E-state index in [-0.39, 0.29) is 30.1 Å². The molecule has 2 aliphatic rings. The number of halogens is 1. The molecule has 1 aliphatic heterocycles. The third-order valence-electron chi connectivity index (χ3n) is 4.41. The minimum absolute atomic E-state index is 0.0298. The second-order valence-electron chi connectivity index (χ2n) is 6.04. The van der Waals surface area contributed by atoms with Gasteiger partial charge in [-0.2, -0.15) is 0 Å². The Kier molecular flexibility index (Phi) is 3.35. The zero-order valence-corrected chi connectivity index (χ0v) is 11.7. The van der Waals surface area contributed by atoms with Crippen molar-refractivity contribution in [1.29, 1.82) is 0 Å². The number of ketones is 1. The quantitative estimate of drug-likeness (QED) is 0.577. The van der Waals surface area contributed by atoms with Gasteiger partial charge in [-0.05, 0) is 34.1 Å². The van der Waals surface area contributed by atoms with E-state index < -0.39 is 0 Å². The predicted octanol–water partition coefficient (Wildman–Crippen LogP) is 2.67.